The third kappa shape index (κ3) is 5.11. The summed E-state index contributed by atoms with van der Waals surface area (Å²) >= 11 is 3.38. The van der Waals surface area contributed by atoms with E-state index in [0.29, 0.717) is 73.5 Å². The molecule has 0 radical (unpaired) electrons. The van der Waals surface area contributed by atoms with Crippen molar-refractivity contribution in [3.05, 3.63) is 117 Å². The summed E-state index contributed by atoms with van der Waals surface area (Å²) in [5, 5.41) is 3.73. The molecule has 0 saturated carbocycles. The van der Waals surface area contributed by atoms with E-state index in [1.165, 1.54) is 0 Å². The Bertz CT molecular complexity index is 2150. The lowest BCUT2D eigenvalue weighted by molar-refractivity contribution is 0.0924. The van der Waals surface area contributed by atoms with Crippen LogP contribution in [-0.2, 0) is 6.42 Å². The first-order valence-electron chi connectivity index (χ1n) is 14.8. The highest BCUT2D eigenvalue weighted by Gasteiger charge is 2.38. The fourth-order valence-electron chi connectivity index (χ4n) is 6.32. The number of fused-ring (bicyclic) bond motifs is 3. The molecule has 0 spiro atoms. The van der Waals surface area contributed by atoms with E-state index in [2.05, 4.69) is 21.2 Å². The zero-order chi connectivity index (χ0) is 32.8. The number of benzene rings is 4. The summed E-state index contributed by atoms with van der Waals surface area (Å²) in [4.78, 5) is 47.2. The highest BCUT2D eigenvalue weighted by molar-refractivity contribution is 9.10. The van der Waals surface area contributed by atoms with Crippen molar-refractivity contribution in [2.45, 2.75) is 12.8 Å². The van der Waals surface area contributed by atoms with Crippen LogP contribution in [0.25, 0.3) is 22.6 Å². The van der Waals surface area contributed by atoms with E-state index in [9.17, 15) is 14.4 Å². The van der Waals surface area contributed by atoms with Crippen molar-refractivity contribution in [3.8, 4) is 17.2 Å². The third-order valence-corrected chi connectivity index (χ3v) is 8.93. The van der Waals surface area contributed by atoms with Crippen LogP contribution < -0.4 is 24.4 Å². The van der Waals surface area contributed by atoms with E-state index in [4.69, 9.17) is 19.2 Å². The molecular formula is C37H28BrN3O6. The minimum Gasteiger partial charge on any atom is -0.493 e. The fraction of sp³-hybridized carbons (Fsp3) is 0.135. The van der Waals surface area contributed by atoms with Crippen molar-refractivity contribution in [1.29, 1.82) is 0 Å². The van der Waals surface area contributed by atoms with E-state index in [0.717, 1.165) is 27.3 Å². The number of anilines is 2. The smallest absolute Gasteiger partial charge is 0.266 e. The predicted molar refractivity (Wildman–Crippen MR) is 184 cm³/mol. The van der Waals surface area contributed by atoms with Gasteiger partial charge in [-0.05, 0) is 84.1 Å². The van der Waals surface area contributed by atoms with Crippen LogP contribution in [0.1, 0.15) is 54.3 Å². The number of hydrogen-bond donors (Lipinski definition) is 1. The van der Waals surface area contributed by atoms with Crippen LogP contribution in [0.15, 0.2) is 83.3 Å². The second-order valence-corrected chi connectivity index (χ2v) is 12.0. The summed E-state index contributed by atoms with van der Waals surface area (Å²) in [6, 6.07) is 23.1. The van der Waals surface area contributed by atoms with Crippen molar-refractivity contribution in [2.24, 2.45) is 0 Å². The number of allylic oxidation sites excluding steroid dienone is 1. The number of carbonyl (C=O) groups is 3. The van der Waals surface area contributed by atoms with Gasteiger partial charge in [0.05, 0.1) is 60.6 Å². The summed E-state index contributed by atoms with van der Waals surface area (Å²) in [5.41, 5.74) is 5.78. The standard InChI is InChI=1S/C37H28BrN3O6/c1-45-30-17-20(18-31(46-2)34(30)47-3)16-21-12-14-25-32(24-8-4-5-9-27(24)39-33(21)25)35(42)40-28-10-6-7-11-29(28)41-36(43)23-15-13-22(38)19-26(23)37(41)44/h4-11,13,15-19H,12,14H2,1-3H3,(H,40,42)/b21-16+. The summed E-state index contributed by atoms with van der Waals surface area (Å²) in [7, 11) is 4.71. The number of methoxy groups -OCH3 is 3. The maximum atomic E-state index is 14.3. The van der Waals surface area contributed by atoms with Gasteiger partial charge in [-0.15, -0.1) is 0 Å². The number of aromatic nitrogens is 1. The molecule has 234 valence electrons. The van der Waals surface area contributed by atoms with Crippen LogP contribution in [0, 0.1) is 0 Å². The lowest BCUT2D eigenvalue weighted by atomic mass is 9.99. The molecule has 0 bridgehead atoms. The Labute approximate surface area is 278 Å². The minimum absolute atomic E-state index is 0.293. The molecule has 9 nitrogen and oxygen atoms in total. The largest absolute Gasteiger partial charge is 0.493 e. The van der Waals surface area contributed by atoms with Crippen LogP contribution in [0.3, 0.4) is 0 Å². The molecule has 7 rings (SSSR count). The van der Waals surface area contributed by atoms with E-state index in [-0.39, 0.29) is 5.91 Å². The molecule has 1 aromatic heterocycles. The quantitative estimate of drug-likeness (QED) is 0.176. The molecule has 0 atom stereocenters. The number of pyridine rings is 1. The zero-order valence-corrected chi connectivity index (χ0v) is 27.3. The molecule has 5 aromatic rings. The molecule has 1 N–H and O–H groups in total. The van der Waals surface area contributed by atoms with Gasteiger partial charge in [0.15, 0.2) is 11.5 Å². The number of halogens is 1. The second-order valence-electron chi connectivity index (χ2n) is 11.1. The van der Waals surface area contributed by atoms with Crippen molar-refractivity contribution in [3.63, 3.8) is 0 Å². The molecule has 0 saturated heterocycles. The molecule has 1 aliphatic carbocycles. The number of amides is 3. The summed E-state index contributed by atoms with van der Waals surface area (Å²) < 4.78 is 17.3. The molecular weight excluding hydrogens is 662 g/mol. The first kappa shape index (κ1) is 30.2. The van der Waals surface area contributed by atoms with Crippen LogP contribution in [0.4, 0.5) is 11.4 Å². The van der Waals surface area contributed by atoms with E-state index >= 15 is 0 Å². The Balaban J connectivity index is 1.29. The minimum atomic E-state index is -0.454. The van der Waals surface area contributed by atoms with Gasteiger partial charge in [0, 0.05) is 9.86 Å². The lowest BCUT2D eigenvalue weighted by Crippen LogP contribution is -2.30. The van der Waals surface area contributed by atoms with Gasteiger partial charge >= 0.3 is 0 Å². The van der Waals surface area contributed by atoms with Crippen LogP contribution >= 0.6 is 15.9 Å². The van der Waals surface area contributed by atoms with E-state index in [1.54, 1.807) is 63.8 Å². The molecule has 0 fully saturated rings. The monoisotopic (exact) mass is 689 g/mol. The van der Waals surface area contributed by atoms with Crippen LogP contribution in [-0.4, -0.2) is 44.0 Å². The van der Waals surface area contributed by atoms with Gasteiger partial charge in [-0.1, -0.05) is 46.3 Å². The predicted octanol–water partition coefficient (Wildman–Crippen LogP) is 7.56. The van der Waals surface area contributed by atoms with Gasteiger partial charge in [-0.2, -0.15) is 0 Å². The van der Waals surface area contributed by atoms with Crippen molar-refractivity contribution < 1.29 is 28.6 Å². The highest BCUT2D eigenvalue weighted by atomic mass is 79.9. The topological polar surface area (TPSA) is 107 Å². The highest BCUT2D eigenvalue weighted by Crippen LogP contribution is 2.42. The molecule has 4 aromatic carbocycles. The Morgan fingerprint density at radius 3 is 2.30 bits per heavy atom. The Morgan fingerprint density at radius 1 is 0.851 bits per heavy atom. The molecule has 3 amide bonds. The first-order chi connectivity index (χ1) is 22.8. The summed E-state index contributed by atoms with van der Waals surface area (Å²) in [5.74, 6) is 0.309. The maximum absolute atomic E-state index is 14.3. The Morgan fingerprint density at radius 2 is 1.55 bits per heavy atom. The molecule has 0 unspecified atom stereocenters. The van der Waals surface area contributed by atoms with E-state index < -0.39 is 11.8 Å². The Kier molecular flexibility index (Phi) is 7.73. The Hall–Kier alpha value is -5.48. The SMILES string of the molecule is COc1cc(/C=C2\CCc3c2nc2ccccc2c3C(=O)Nc2ccccc2N2C(=O)c3ccc(Br)cc3C2=O)cc(OC)c1OC. The number of rotatable bonds is 7. The number of hydrogen-bond acceptors (Lipinski definition) is 7. The first-order valence-corrected chi connectivity index (χ1v) is 15.6. The summed E-state index contributed by atoms with van der Waals surface area (Å²) in [6.07, 6.45) is 3.29. The molecule has 10 heteroatoms. The van der Waals surface area contributed by atoms with Crippen molar-refractivity contribution >= 4 is 67.6 Å². The number of carbonyl (C=O) groups excluding carboxylic acids is 3. The molecule has 2 heterocycles. The lowest BCUT2D eigenvalue weighted by Gasteiger charge is -2.19. The maximum Gasteiger partial charge on any atom is 0.266 e. The number of para-hydroxylation sites is 3. The average Bonchev–Trinajstić information content (AvgIpc) is 3.59. The normalized spacial score (nSPS) is 14.4. The van der Waals surface area contributed by atoms with Gasteiger partial charge in [-0.25, -0.2) is 9.88 Å². The van der Waals surface area contributed by atoms with Gasteiger partial charge in [0.1, 0.15) is 0 Å². The van der Waals surface area contributed by atoms with Crippen molar-refractivity contribution in [2.75, 3.05) is 31.5 Å². The number of imide groups is 1. The second kappa shape index (κ2) is 12.0. The average molecular weight is 691 g/mol. The van der Waals surface area contributed by atoms with E-state index in [1.807, 2.05) is 42.5 Å². The fourth-order valence-corrected chi connectivity index (χ4v) is 6.68. The number of ether oxygens (including phenoxy) is 3. The van der Waals surface area contributed by atoms with Gasteiger partial charge in [0.2, 0.25) is 5.75 Å². The zero-order valence-electron chi connectivity index (χ0n) is 25.7. The van der Waals surface area contributed by atoms with Crippen molar-refractivity contribution in [1.82, 2.24) is 4.98 Å². The summed E-state index contributed by atoms with van der Waals surface area (Å²) in [6.45, 7) is 0. The number of nitrogens with one attached hydrogen (secondary N) is 1. The van der Waals surface area contributed by atoms with Gasteiger partial charge < -0.3 is 19.5 Å². The number of nitrogens with zero attached hydrogens (tertiary/aromatic N) is 2. The van der Waals surface area contributed by atoms with Crippen LogP contribution in [0.2, 0.25) is 0 Å². The molecule has 2 aliphatic rings. The third-order valence-electron chi connectivity index (χ3n) is 8.44. The van der Waals surface area contributed by atoms with Gasteiger partial charge in [-0.3, -0.25) is 14.4 Å². The van der Waals surface area contributed by atoms with Crippen LogP contribution in [0.5, 0.6) is 17.2 Å². The molecule has 1 aliphatic heterocycles. The molecule has 47 heavy (non-hydrogen) atoms. The van der Waals surface area contributed by atoms with Gasteiger partial charge in [0.25, 0.3) is 17.7 Å².